The number of hydrogen-bond acceptors (Lipinski definition) is 4. The Labute approximate surface area is 165 Å². The topological polar surface area (TPSA) is 87.8 Å². The van der Waals surface area contributed by atoms with Gasteiger partial charge in [0.2, 0.25) is 0 Å². The minimum atomic E-state index is -1.13. The first-order valence-corrected chi connectivity index (χ1v) is 8.86. The molecule has 1 atom stereocenters. The minimum Gasteiger partial charge on any atom is -0.369 e. The second-order valence-electron chi connectivity index (χ2n) is 6.76. The van der Waals surface area contributed by atoms with Gasteiger partial charge in [-0.3, -0.25) is 14.5 Å². The maximum atomic E-state index is 13.1. The maximum Gasteiger partial charge on any atom is 0.261 e. The normalized spacial score (nSPS) is 18.7. The molecule has 140 valence electrons. The van der Waals surface area contributed by atoms with Crippen molar-refractivity contribution < 1.29 is 9.59 Å². The molecule has 2 radical (unpaired) electrons. The van der Waals surface area contributed by atoms with Crippen LogP contribution in [-0.2, 0) is 16.9 Å². The Balaban J connectivity index is 1.82. The number of nitrogens with one attached hydrogen (secondary N) is 1. The van der Waals surface area contributed by atoms with E-state index >= 15 is 0 Å². The highest BCUT2D eigenvalue weighted by Gasteiger charge is 2.45. The molecule has 2 aromatic carbocycles. The standard InChI is InChI=1S/C21H21BN4O2/c1-3-10-24-18(27)15-7-4-6-14(11-15)13-26-19(28)21(2,25-20(26)23)16-8-5-9-17(22)12-16/h3-9,11-12H,1,10,13H2,2H3,(H2,23,25)(H,24,27). The Morgan fingerprint density at radius 1 is 1.32 bits per heavy atom. The van der Waals surface area contributed by atoms with Crippen molar-refractivity contribution in [1.82, 2.24) is 10.2 Å². The molecule has 7 heteroatoms. The van der Waals surface area contributed by atoms with E-state index in [0.717, 1.165) is 5.56 Å². The first-order chi connectivity index (χ1) is 13.3. The predicted molar refractivity (Wildman–Crippen MR) is 110 cm³/mol. The van der Waals surface area contributed by atoms with Crippen LogP contribution in [0.25, 0.3) is 0 Å². The minimum absolute atomic E-state index is 0.136. The Bertz CT molecular complexity index is 972. The molecule has 3 N–H and O–H groups in total. The Hall–Kier alpha value is -3.35. The molecule has 1 unspecified atom stereocenters. The summed E-state index contributed by atoms with van der Waals surface area (Å²) in [5, 5.41) is 2.73. The molecule has 0 fully saturated rings. The first-order valence-electron chi connectivity index (χ1n) is 8.86. The molecular weight excluding hydrogens is 351 g/mol. The van der Waals surface area contributed by atoms with Crippen LogP contribution in [0.15, 0.2) is 66.2 Å². The predicted octanol–water partition coefficient (Wildman–Crippen LogP) is 0.968. The molecule has 28 heavy (non-hydrogen) atoms. The fraction of sp³-hybridized carbons (Fsp3) is 0.190. The lowest BCUT2D eigenvalue weighted by Crippen LogP contribution is -2.41. The van der Waals surface area contributed by atoms with E-state index in [1.807, 2.05) is 6.07 Å². The third kappa shape index (κ3) is 3.69. The highest BCUT2D eigenvalue weighted by atomic mass is 16.2. The molecule has 1 heterocycles. The molecule has 0 saturated heterocycles. The summed E-state index contributed by atoms with van der Waals surface area (Å²) in [6, 6.07) is 14.1. The summed E-state index contributed by atoms with van der Waals surface area (Å²) in [4.78, 5) is 31.1. The number of rotatable bonds is 6. The molecule has 1 aliphatic rings. The fourth-order valence-electron chi connectivity index (χ4n) is 3.15. The van der Waals surface area contributed by atoms with Crippen LogP contribution < -0.4 is 16.5 Å². The average molecular weight is 372 g/mol. The lowest BCUT2D eigenvalue weighted by Gasteiger charge is -2.23. The average Bonchev–Trinajstić information content (AvgIpc) is 2.90. The molecule has 2 amide bonds. The van der Waals surface area contributed by atoms with E-state index < -0.39 is 5.54 Å². The highest BCUT2D eigenvalue weighted by Crippen LogP contribution is 2.32. The van der Waals surface area contributed by atoms with Crippen LogP contribution in [0.1, 0.15) is 28.4 Å². The number of nitrogens with zero attached hydrogens (tertiary/aromatic N) is 2. The van der Waals surface area contributed by atoms with Crippen LogP contribution in [0.4, 0.5) is 0 Å². The molecule has 0 bridgehead atoms. The molecule has 3 rings (SSSR count). The van der Waals surface area contributed by atoms with Crippen LogP contribution in [-0.4, -0.2) is 37.1 Å². The van der Waals surface area contributed by atoms with E-state index in [1.165, 1.54) is 4.90 Å². The number of nitrogens with two attached hydrogens (primary N) is 1. The third-order valence-electron chi connectivity index (χ3n) is 4.66. The van der Waals surface area contributed by atoms with Gasteiger partial charge in [0.1, 0.15) is 7.85 Å². The second-order valence-corrected chi connectivity index (χ2v) is 6.76. The van der Waals surface area contributed by atoms with Crippen LogP contribution >= 0.6 is 0 Å². The number of carbonyl (C=O) groups excluding carboxylic acids is 2. The first kappa shape index (κ1) is 19.4. The summed E-state index contributed by atoms with van der Waals surface area (Å²) in [6.45, 7) is 5.90. The van der Waals surface area contributed by atoms with Gasteiger partial charge in [-0.05, 0) is 30.2 Å². The van der Waals surface area contributed by atoms with Gasteiger partial charge in [-0.25, -0.2) is 4.99 Å². The van der Waals surface area contributed by atoms with E-state index in [2.05, 4.69) is 16.9 Å². The molecule has 0 aliphatic carbocycles. The largest absolute Gasteiger partial charge is 0.369 e. The number of aliphatic imine (C=N–C) groups is 1. The molecule has 2 aromatic rings. The van der Waals surface area contributed by atoms with Crippen LogP contribution in [0, 0.1) is 0 Å². The molecule has 1 aliphatic heterocycles. The van der Waals surface area contributed by atoms with Gasteiger partial charge in [-0.1, -0.05) is 47.9 Å². The SMILES string of the molecule is [B]c1cccc(C2(C)N=C(N)N(Cc3cccc(C(=O)NCC=C)c3)C2=O)c1. The van der Waals surface area contributed by atoms with Gasteiger partial charge in [0, 0.05) is 12.1 Å². The summed E-state index contributed by atoms with van der Waals surface area (Å²) in [6.07, 6.45) is 1.61. The van der Waals surface area contributed by atoms with E-state index in [9.17, 15) is 9.59 Å². The molecular formula is C21H21BN4O2. The zero-order valence-electron chi connectivity index (χ0n) is 15.7. The zero-order chi connectivity index (χ0) is 20.3. The fourth-order valence-corrected chi connectivity index (χ4v) is 3.15. The number of hydrogen-bond donors (Lipinski definition) is 2. The van der Waals surface area contributed by atoms with Crippen molar-refractivity contribution in [1.29, 1.82) is 0 Å². The Morgan fingerprint density at radius 3 is 2.79 bits per heavy atom. The molecule has 0 spiro atoms. The van der Waals surface area contributed by atoms with E-state index in [0.29, 0.717) is 23.1 Å². The van der Waals surface area contributed by atoms with E-state index in [-0.39, 0.29) is 24.3 Å². The number of carbonyl (C=O) groups is 2. The van der Waals surface area contributed by atoms with Crippen molar-refractivity contribution >= 4 is 31.1 Å². The van der Waals surface area contributed by atoms with Crippen LogP contribution in [0.3, 0.4) is 0 Å². The van der Waals surface area contributed by atoms with Crippen molar-refractivity contribution in [2.45, 2.75) is 19.0 Å². The summed E-state index contributed by atoms with van der Waals surface area (Å²) >= 11 is 0. The lowest BCUT2D eigenvalue weighted by molar-refractivity contribution is -0.131. The quantitative estimate of drug-likeness (QED) is 0.585. The van der Waals surface area contributed by atoms with Gasteiger partial charge in [0.05, 0.1) is 6.54 Å². The number of benzene rings is 2. The van der Waals surface area contributed by atoms with Crippen molar-refractivity contribution in [2.75, 3.05) is 6.54 Å². The Morgan fingerprint density at radius 2 is 2.07 bits per heavy atom. The van der Waals surface area contributed by atoms with Gasteiger partial charge in [0.15, 0.2) is 11.5 Å². The maximum absolute atomic E-state index is 13.1. The third-order valence-corrected chi connectivity index (χ3v) is 4.66. The monoisotopic (exact) mass is 372 g/mol. The lowest BCUT2D eigenvalue weighted by atomic mass is 9.86. The number of amides is 2. The van der Waals surface area contributed by atoms with Gasteiger partial charge in [-0.2, -0.15) is 0 Å². The summed E-state index contributed by atoms with van der Waals surface area (Å²) in [5.41, 5.74) is 7.45. The smallest absolute Gasteiger partial charge is 0.261 e. The molecule has 6 nitrogen and oxygen atoms in total. The molecule has 0 saturated carbocycles. The second kappa shape index (κ2) is 7.72. The van der Waals surface area contributed by atoms with Crippen molar-refractivity contribution in [2.24, 2.45) is 10.7 Å². The molecule has 0 aromatic heterocycles. The summed E-state index contributed by atoms with van der Waals surface area (Å²) in [5.74, 6) is -0.311. The van der Waals surface area contributed by atoms with E-state index in [4.69, 9.17) is 13.6 Å². The summed E-state index contributed by atoms with van der Waals surface area (Å²) < 4.78 is 0. The van der Waals surface area contributed by atoms with Gasteiger partial charge < -0.3 is 11.1 Å². The van der Waals surface area contributed by atoms with E-state index in [1.54, 1.807) is 55.5 Å². The Kier molecular flexibility index (Phi) is 5.35. The van der Waals surface area contributed by atoms with Gasteiger partial charge in [0.25, 0.3) is 11.8 Å². The van der Waals surface area contributed by atoms with Crippen molar-refractivity contribution in [3.05, 3.63) is 77.9 Å². The van der Waals surface area contributed by atoms with Crippen molar-refractivity contribution in [3.63, 3.8) is 0 Å². The number of guanidine groups is 1. The van der Waals surface area contributed by atoms with Gasteiger partial charge >= 0.3 is 0 Å². The van der Waals surface area contributed by atoms with Crippen molar-refractivity contribution in [3.8, 4) is 0 Å². The van der Waals surface area contributed by atoms with Crippen LogP contribution in [0.5, 0.6) is 0 Å². The zero-order valence-corrected chi connectivity index (χ0v) is 15.7. The summed E-state index contributed by atoms with van der Waals surface area (Å²) in [7, 11) is 5.85. The highest BCUT2D eigenvalue weighted by molar-refractivity contribution is 6.32. The van der Waals surface area contributed by atoms with Gasteiger partial charge in [-0.15, -0.1) is 6.58 Å². The van der Waals surface area contributed by atoms with Crippen LogP contribution in [0.2, 0.25) is 0 Å².